The van der Waals surface area contributed by atoms with Gasteiger partial charge in [-0.25, -0.2) is 4.79 Å². The second-order valence-electron chi connectivity index (χ2n) is 13.5. The van der Waals surface area contributed by atoms with Crippen LogP contribution in [0.1, 0.15) is 68.9 Å². The third-order valence-corrected chi connectivity index (χ3v) is 10.3. The number of oxime groups is 1. The minimum absolute atomic E-state index is 0.0613. The molecule has 2 aliphatic carbocycles. The molecule has 3 N–H and O–H groups in total. The van der Waals surface area contributed by atoms with Crippen LogP contribution in [0.2, 0.25) is 0 Å². The van der Waals surface area contributed by atoms with Gasteiger partial charge in [0, 0.05) is 38.2 Å². The minimum Gasteiger partial charge on any atom is -0.508 e. The van der Waals surface area contributed by atoms with Crippen molar-refractivity contribution in [3.63, 3.8) is 0 Å². The van der Waals surface area contributed by atoms with E-state index in [0.29, 0.717) is 37.5 Å². The van der Waals surface area contributed by atoms with Gasteiger partial charge in [-0.15, -0.1) is 6.58 Å². The molecule has 5 rings (SSSR count). The van der Waals surface area contributed by atoms with E-state index in [2.05, 4.69) is 17.8 Å². The maximum Gasteiger partial charge on any atom is 0.410 e. The van der Waals surface area contributed by atoms with Gasteiger partial charge < -0.3 is 44.0 Å². The number of amides is 1. The number of rotatable bonds is 19. The molecule has 2 aromatic carbocycles. The van der Waals surface area contributed by atoms with Crippen molar-refractivity contribution >= 4 is 11.8 Å². The van der Waals surface area contributed by atoms with Gasteiger partial charge in [-0.05, 0) is 73.8 Å². The minimum atomic E-state index is -1.37. The van der Waals surface area contributed by atoms with Crippen molar-refractivity contribution < 1.29 is 43.9 Å². The van der Waals surface area contributed by atoms with E-state index in [-0.39, 0.29) is 63.0 Å². The van der Waals surface area contributed by atoms with Crippen LogP contribution >= 0.6 is 0 Å². The molecule has 1 saturated carbocycles. The van der Waals surface area contributed by atoms with Gasteiger partial charge in [0.25, 0.3) is 0 Å². The van der Waals surface area contributed by atoms with E-state index < -0.39 is 23.8 Å². The molecule has 1 aliphatic heterocycles. The summed E-state index contributed by atoms with van der Waals surface area (Å²) in [4.78, 5) is 21.1. The van der Waals surface area contributed by atoms with E-state index >= 15 is 0 Å². The van der Waals surface area contributed by atoms with E-state index in [1.165, 1.54) is 4.90 Å². The lowest BCUT2D eigenvalue weighted by Gasteiger charge is -2.59. The van der Waals surface area contributed by atoms with Crippen LogP contribution in [0.3, 0.4) is 0 Å². The fraction of sp³-hybridized carbons (Fsp3) is 0.550. The zero-order valence-electron chi connectivity index (χ0n) is 30.0. The number of aliphatic hydroxyl groups excluding tert-OH is 2. The first-order valence-electron chi connectivity index (χ1n) is 18.3. The second-order valence-corrected chi connectivity index (χ2v) is 13.5. The van der Waals surface area contributed by atoms with Crippen molar-refractivity contribution in [3.8, 4) is 11.5 Å². The first-order valence-corrected chi connectivity index (χ1v) is 18.3. The third-order valence-electron chi connectivity index (χ3n) is 10.3. The normalized spacial score (nSPS) is 25.6. The molecular formula is C40H54N2O9. The molecule has 0 bridgehead atoms. The van der Waals surface area contributed by atoms with Crippen LogP contribution in [0, 0.1) is 17.8 Å². The highest BCUT2D eigenvalue weighted by atomic mass is 16.7. The average molecular weight is 707 g/mol. The fourth-order valence-electron chi connectivity index (χ4n) is 8.06. The van der Waals surface area contributed by atoms with Gasteiger partial charge in [0.05, 0.1) is 31.5 Å². The number of ether oxygens (including phenoxy) is 4. The van der Waals surface area contributed by atoms with Crippen molar-refractivity contribution in [3.05, 3.63) is 84.0 Å². The lowest BCUT2D eigenvalue weighted by Crippen LogP contribution is -2.69. The van der Waals surface area contributed by atoms with Crippen LogP contribution in [0.15, 0.2) is 78.0 Å². The first-order chi connectivity index (χ1) is 24.9. The van der Waals surface area contributed by atoms with Crippen LogP contribution in [0.5, 0.6) is 11.5 Å². The molecule has 1 amide bonds. The number of unbranched alkanes of at least 4 members (excludes halogenated alkanes) is 2. The maximum atomic E-state index is 13.8. The van der Waals surface area contributed by atoms with Crippen molar-refractivity contribution in [1.82, 2.24) is 4.90 Å². The summed E-state index contributed by atoms with van der Waals surface area (Å²) in [6.45, 7) is 7.25. The molecule has 0 radical (unpaired) electrons. The number of benzene rings is 2. The summed E-state index contributed by atoms with van der Waals surface area (Å²) in [6, 6.07) is 14.3. The molecule has 11 nitrogen and oxygen atoms in total. The number of aromatic hydroxyl groups is 1. The van der Waals surface area contributed by atoms with Crippen LogP contribution < -0.4 is 4.74 Å². The lowest BCUT2D eigenvalue weighted by atomic mass is 9.55. The van der Waals surface area contributed by atoms with E-state index in [1.807, 2.05) is 37.3 Å². The average Bonchev–Trinajstić information content (AvgIpc) is 3.14. The zero-order chi connectivity index (χ0) is 36.2. The van der Waals surface area contributed by atoms with E-state index in [9.17, 15) is 20.1 Å². The molecule has 0 unspecified atom stereocenters. The van der Waals surface area contributed by atoms with Crippen LogP contribution in [0.25, 0.3) is 0 Å². The predicted octanol–water partition coefficient (Wildman–Crippen LogP) is 6.33. The molecule has 11 heteroatoms. The highest BCUT2D eigenvalue weighted by Gasteiger charge is 2.65. The monoisotopic (exact) mass is 706 g/mol. The quantitative estimate of drug-likeness (QED) is 0.0869. The number of aliphatic hydroxyl groups is 2. The second kappa shape index (κ2) is 18.5. The summed E-state index contributed by atoms with van der Waals surface area (Å²) in [7, 11) is 1.69. The SMILES string of the molecule is C=CCO[C@@]12Oc3ccc(O)cc3[C@H]3[C@H](CCCCO)[C@@H](CCCCO)C=C(C(=NOCC)C[C@@H]1N(C)C(=O)OCCOCc1ccccc1)[C@H]32. The Morgan fingerprint density at radius 3 is 2.57 bits per heavy atom. The smallest absolute Gasteiger partial charge is 0.410 e. The number of allylic oxidation sites excluding steroid dienone is 1. The Balaban J connectivity index is 1.55. The van der Waals surface area contributed by atoms with Gasteiger partial charge in [-0.2, -0.15) is 0 Å². The van der Waals surface area contributed by atoms with E-state index in [0.717, 1.165) is 42.4 Å². The van der Waals surface area contributed by atoms with E-state index in [1.54, 1.807) is 31.3 Å². The summed E-state index contributed by atoms with van der Waals surface area (Å²) >= 11 is 0. The van der Waals surface area contributed by atoms with Crippen LogP contribution in [-0.2, 0) is 25.7 Å². The molecule has 0 spiro atoms. The van der Waals surface area contributed by atoms with Crippen molar-refractivity contribution in [2.24, 2.45) is 22.9 Å². The molecule has 51 heavy (non-hydrogen) atoms. The number of carbonyl (C=O) groups excluding carboxylic acids is 1. The Kier molecular flexibility index (Phi) is 13.9. The van der Waals surface area contributed by atoms with Gasteiger partial charge in [0.15, 0.2) is 0 Å². The summed E-state index contributed by atoms with van der Waals surface area (Å²) in [6.07, 6.45) is 8.33. The van der Waals surface area contributed by atoms with Crippen LogP contribution in [0.4, 0.5) is 4.79 Å². The molecule has 0 aromatic heterocycles. The van der Waals surface area contributed by atoms with E-state index in [4.69, 9.17) is 23.8 Å². The fourth-order valence-corrected chi connectivity index (χ4v) is 8.06. The van der Waals surface area contributed by atoms with Crippen molar-refractivity contribution in [2.45, 2.75) is 76.2 Å². The molecule has 0 saturated heterocycles. The highest BCUT2D eigenvalue weighted by Crippen LogP contribution is 2.61. The summed E-state index contributed by atoms with van der Waals surface area (Å²) < 4.78 is 25.3. The van der Waals surface area contributed by atoms with Gasteiger partial charge in [-0.3, -0.25) is 0 Å². The molecule has 1 fully saturated rings. The van der Waals surface area contributed by atoms with Gasteiger partial charge in [0.2, 0.25) is 5.79 Å². The predicted molar refractivity (Wildman–Crippen MR) is 193 cm³/mol. The highest BCUT2D eigenvalue weighted by molar-refractivity contribution is 6.02. The molecule has 6 atom stereocenters. The Morgan fingerprint density at radius 2 is 1.84 bits per heavy atom. The number of phenols is 1. The van der Waals surface area contributed by atoms with Crippen LogP contribution in [-0.4, -0.2) is 90.5 Å². The Labute approximate surface area is 301 Å². The van der Waals surface area contributed by atoms with Crippen molar-refractivity contribution in [2.75, 3.05) is 46.7 Å². The Bertz CT molecular complexity index is 1500. The van der Waals surface area contributed by atoms with Crippen molar-refractivity contribution in [1.29, 1.82) is 0 Å². The summed E-state index contributed by atoms with van der Waals surface area (Å²) in [5.41, 5.74) is 3.53. The number of nitrogens with zero attached hydrogens (tertiary/aromatic N) is 2. The maximum absolute atomic E-state index is 13.8. The number of carbonyl (C=O) groups is 1. The van der Waals surface area contributed by atoms with Gasteiger partial charge in [-0.1, -0.05) is 60.5 Å². The molecule has 2 aromatic rings. The number of hydrogen-bond donors (Lipinski definition) is 3. The molecular weight excluding hydrogens is 652 g/mol. The molecule has 3 aliphatic rings. The standard InChI is InChI=1S/C40H54N2O9/c1-4-21-49-40-36(42(3)39(46)48-23-22-47-27-28-13-7-6-8-14-28)26-34(41-50-5-2)32-24-29(15-9-11-19-43)31(16-10-12-20-44)37(38(32)40)33-25-30(45)17-18-35(33)51-40/h4,6-8,13-14,17-18,24-25,29,31,36-38,43-45H,1,5,9-12,15-16,19-23,26-27H2,2-3H3/t29-,31+,36-,37+,38+,40+/m0/s1. The summed E-state index contributed by atoms with van der Waals surface area (Å²) in [5.74, 6) is -1.12. The Morgan fingerprint density at radius 1 is 1.08 bits per heavy atom. The van der Waals surface area contributed by atoms with Gasteiger partial charge >= 0.3 is 6.09 Å². The number of hydrogen-bond acceptors (Lipinski definition) is 10. The topological polar surface area (TPSA) is 140 Å². The first kappa shape index (κ1) is 38.3. The molecule has 278 valence electrons. The molecule has 1 heterocycles. The van der Waals surface area contributed by atoms with Gasteiger partial charge in [0.1, 0.15) is 30.8 Å². The third kappa shape index (κ3) is 8.77. The lowest BCUT2D eigenvalue weighted by molar-refractivity contribution is -0.253. The Hall–Kier alpha value is -3.90. The number of likely N-dealkylation sites (N-methyl/N-ethyl adjacent to an activating group) is 1. The summed E-state index contributed by atoms with van der Waals surface area (Å²) in [5, 5.41) is 34.8. The zero-order valence-corrected chi connectivity index (χ0v) is 30.0. The largest absolute Gasteiger partial charge is 0.508 e. The number of phenolic OH excluding ortho intramolecular Hbond substituents is 1. The number of fused-ring (bicyclic) bond motifs is 2.